The maximum Gasteiger partial charge on any atom is 0.224 e. The van der Waals surface area contributed by atoms with Crippen LogP contribution in [0, 0.1) is 11.8 Å². The zero-order valence-electron chi connectivity index (χ0n) is 12.4. The van der Waals surface area contributed by atoms with Gasteiger partial charge in [-0.15, -0.1) is 24.8 Å². The van der Waals surface area contributed by atoms with Gasteiger partial charge in [0.2, 0.25) is 5.91 Å². The van der Waals surface area contributed by atoms with E-state index in [0.29, 0.717) is 5.92 Å². The summed E-state index contributed by atoms with van der Waals surface area (Å²) in [5, 5.41) is 6.44. The fourth-order valence-corrected chi connectivity index (χ4v) is 2.39. The highest BCUT2D eigenvalue weighted by Crippen LogP contribution is 2.10. The van der Waals surface area contributed by atoms with Crippen LogP contribution in [-0.4, -0.2) is 50.6 Å². The zero-order chi connectivity index (χ0) is 12.8. The van der Waals surface area contributed by atoms with Gasteiger partial charge in [-0.1, -0.05) is 13.8 Å². The summed E-state index contributed by atoms with van der Waals surface area (Å²) < 4.78 is 0. The van der Waals surface area contributed by atoms with E-state index in [1.165, 1.54) is 0 Å². The van der Waals surface area contributed by atoms with E-state index in [0.717, 1.165) is 32.5 Å². The first-order valence-electron chi connectivity index (χ1n) is 6.65. The van der Waals surface area contributed by atoms with Crippen LogP contribution in [0.15, 0.2) is 0 Å². The first-order valence-corrected chi connectivity index (χ1v) is 6.65. The molecule has 1 heterocycles. The molecule has 116 valence electrons. The van der Waals surface area contributed by atoms with Crippen molar-refractivity contribution in [3.63, 3.8) is 0 Å². The lowest BCUT2D eigenvalue weighted by molar-refractivity contribution is -0.125. The van der Waals surface area contributed by atoms with Gasteiger partial charge in [0.1, 0.15) is 0 Å². The lowest BCUT2D eigenvalue weighted by Crippen LogP contribution is -2.45. The van der Waals surface area contributed by atoms with Crippen LogP contribution in [-0.2, 0) is 4.79 Å². The van der Waals surface area contributed by atoms with E-state index in [2.05, 4.69) is 43.5 Å². The average Bonchev–Trinajstić information content (AvgIpc) is 2.67. The minimum atomic E-state index is 0. The van der Waals surface area contributed by atoms with Crippen molar-refractivity contribution >= 4 is 30.7 Å². The van der Waals surface area contributed by atoms with Gasteiger partial charge in [0.15, 0.2) is 0 Å². The van der Waals surface area contributed by atoms with Gasteiger partial charge in [-0.3, -0.25) is 4.79 Å². The van der Waals surface area contributed by atoms with Gasteiger partial charge in [0, 0.05) is 19.1 Å². The third-order valence-corrected chi connectivity index (χ3v) is 3.12. The molecule has 1 rings (SSSR count). The standard InChI is InChI=1S/C13H27N3O.2ClH/c1-10(2)7-12(9-16(3)4)15-13(17)11-5-6-14-8-11;;/h10-12,14H,5-9H2,1-4H3,(H,15,17);2*1H. The van der Waals surface area contributed by atoms with Crippen molar-refractivity contribution in [3.05, 3.63) is 0 Å². The van der Waals surface area contributed by atoms with Gasteiger partial charge in [-0.25, -0.2) is 0 Å². The second-order valence-corrected chi connectivity index (χ2v) is 5.79. The Hall–Kier alpha value is -0.0300. The van der Waals surface area contributed by atoms with Crippen molar-refractivity contribution < 1.29 is 4.79 Å². The number of rotatable bonds is 6. The van der Waals surface area contributed by atoms with Crippen LogP contribution < -0.4 is 10.6 Å². The third-order valence-electron chi connectivity index (χ3n) is 3.12. The molecule has 0 spiro atoms. The van der Waals surface area contributed by atoms with Crippen LogP contribution >= 0.6 is 24.8 Å². The predicted octanol–water partition coefficient (Wildman–Crippen LogP) is 1.53. The number of carbonyl (C=O) groups is 1. The van der Waals surface area contributed by atoms with Crippen LogP contribution in [0.3, 0.4) is 0 Å². The maximum absolute atomic E-state index is 12.0. The Labute approximate surface area is 129 Å². The lowest BCUT2D eigenvalue weighted by Gasteiger charge is -2.25. The number of halogens is 2. The summed E-state index contributed by atoms with van der Waals surface area (Å²) >= 11 is 0. The van der Waals surface area contributed by atoms with Gasteiger partial charge >= 0.3 is 0 Å². The molecule has 19 heavy (non-hydrogen) atoms. The van der Waals surface area contributed by atoms with E-state index in [-0.39, 0.29) is 42.7 Å². The van der Waals surface area contributed by atoms with Crippen molar-refractivity contribution in [1.29, 1.82) is 0 Å². The minimum absolute atomic E-state index is 0. The fourth-order valence-electron chi connectivity index (χ4n) is 2.39. The minimum Gasteiger partial charge on any atom is -0.352 e. The van der Waals surface area contributed by atoms with Crippen LogP contribution in [0.5, 0.6) is 0 Å². The van der Waals surface area contributed by atoms with Gasteiger partial charge in [-0.05, 0) is 39.4 Å². The summed E-state index contributed by atoms with van der Waals surface area (Å²) in [5.74, 6) is 1.01. The fraction of sp³-hybridized carbons (Fsp3) is 0.923. The number of nitrogens with zero attached hydrogens (tertiary/aromatic N) is 1. The highest BCUT2D eigenvalue weighted by molar-refractivity contribution is 5.85. The summed E-state index contributed by atoms with van der Waals surface area (Å²) in [4.78, 5) is 14.2. The monoisotopic (exact) mass is 313 g/mol. The van der Waals surface area contributed by atoms with Crippen LogP contribution in [0.25, 0.3) is 0 Å². The number of hydrogen-bond acceptors (Lipinski definition) is 3. The molecular weight excluding hydrogens is 285 g/mol. The molecule has 0 aromatic carbocycles. The quantitative estimate of drug-likeness (QED) is 0.781. The topological polar surface area (TPSA) is 44.4 Å². The molecule has 0 aromatic heterocycles. The Balaban J connectivity index is 0. The largest absolute Gasteiger partial charge is 0.352 e. The molecule has 0 radical (unpaired) electrons. The molecule has 1 amide bonds. The van der Waals surface area contributed by atoms with Gasteiger partial charge in [-0.2, -0.15) is 0 Å². The molecule has 0 saturated carbocycles. The van der Waals surface area contributed by atoms with Crippen molar-refractivity contribution in [2.45, 2.75) is 32.7 Å². The molecule has 6 heteroatoms. The number of likely N-dealkylation sites (N-methyl/N-ethyl adjacent to an activating group) is 1. The van der Waals surface area contributed by atoms with Crippen molar-refractivity contribution in [3.8, 4) is 0 Å². The second kappa shape index (κ2) is 10.7. The van der Waals surface area contributed by atoms with E-state index in [1.807, 2.05) is 0 Å². The number of amides is 1. The molecule has 2 unspecified atom stereocenters. The van der Waals surface area contributed by atoms with Crippen molar-refractivity contribution in [2.75, 3.05) is 33.7 Å². The van der Waals surface area contributed by atoms with Crippen LogP contribution in [0.1, 0.15) is 26.7 Å². The Morgan fingerprint density at radius 3 is 2.42 bits per heavy atom. The Kier molecular flexibility index (Phi) is 12.0. The Morgan fingerprint density at radius 2 is 2.00 bits per heavy atom. The van der Waals surface area contributed by atoms with E-state index in [1.54, 1.807) is 0 Å². The first kappa shape index (κ1) is 21.3. The zero-order valence-corrected chi connectivity index (χ0v) is 14.1. The number of nitrogens with one attached hydrogen (secondary N) is 2. The summed E-state index contributed by atoms with van der Waals surface area (Å²) in [5.41, 5.74) is 0. The predicted molar refractivity (Wildman–Crippen MR) is 85.4 cm³/mol. The van der Waals surface area contributed by atoms with E-state index >= 15 is 0 Å². The van der Waals surface area contributed by atoms with Crippen molar-refractivity contribution in [2.24, 2.45) is 11.8 Å². The maximum atomic E-state index is 12.0. The second-order valence-electron chi connectivity index (χ2n) is 5.79. The molecule has 1 aliphatic heterocycles. The Bertz CT molecular complexity index is 234. The van der Waals surface area contributed by atoms with Crippen molar-refractivity contribution in [1.82, 2.24) is 15.5 Å². The Morgan fingerprint density at radius 1 is 1.37 bits per heavy atom. The summed E-state index contributed by atoms with van der Waals surface area (Å²) in [6, 6.07) is 0.276. The molecular formula is C13H29Cl2N3O. The summed E-state index contributed by atoms with van der Waals surface area (Å²) in [7, 11) is 4.10. The summed E-state index contributed by atoms with van der Waals surface area (Å²) in [6.45, 7) is 7.13. The highest BCUT2D eigenvalue weighted by atomic mass is 35.5. The number of carbonyl (C=O) groups excluding carboxylic acids is 1. The van der Waals surface area contributed by atoms with Crippen LogP contribution in [0.4, 0.5) is 0 Å². The number of hydrogen-bond donors (Lipinski definition) is 2. The third kappa shape index (κ3) is 8.69. The smallest absolute Gasteiger partial charge is 0.224 e. The molecule has 2 N–H and O–H groups in total. The van der Waals surface area contributed by atoms with Gasteiger partial charge in [0.25, 0.3) is 0 Å². The van der Waals surface area contributed by atoms with Crippen LogP contribution in [0.2, 0.25) is 0 Å². The molecule has 1 fully saturated rings. The molecule has 1 saturated heterocycles. The molecule has 2 atom stereocenters. The molecule has 0 aromatic rings. The normalized spacial score (nSPS) is 19.8. The first-order chi connectivity index (χ1) is 7.99. The summed E-state index contributed by atoms with van der Waals surface area (Å²) in [6.07, 6.45) is 2.02. The van der Waals surface area contributed by atoms with E-state index < -0.39 is 0 Å². The molecule has 0 aliphatic carbocycles. The lowest BCUT2D eigenvalue weighted by atomic mass is 10.0. The van der Waals surface area contributed by atoms with Gasteiger partial charge in [0.05, 0.1) is 5.92 Å². The van der Waals surface area contributed by atoms with E-state index in [9.17, 15) is 4.79 Å². The van der Waals surface area contributed by atoms with Gasteiger partial charge < -0.3 is 15.5 Å². The molecule has 1 aliphatic rings. The SMILES string of the molecule is CC(C)CC(CN(C)C)NC(=O)C1CCNC1.Cl.Cl. The molecule has 0 bridgehead atoms. The molecule has 4 nitrogen and oxygen atoms in total. The highest BCUT2D eigenvalue weighted by Gasteiger charge is 2.24. The average molecular weight is 314 g/mol. The van der Waals surface area contributed by atoms with E-state index in [4.69, 9.17) is 0 Å².